The summed E-state index contributed by atoms with van der Waals surface area (Å²) in [6.07, 6.45) is 9.19. The molecule has 0 atom stereocenters. The van der Waals surface area contributed by atoms with E-state index in [0.29, 0.717) is 29.0 Å². The molecule has 38 heavy (non-hydrogen) atoms. The van der Waals surface area contributed by atoms with Crippen molar-refractivity contribution in [2.24, 2.45) is 0 Å². The van der Waals surface area contributed by atoms with E-state index in [2.05, 4.69) is 6.92 Å². The van der Waals surface area contributed by atoms with Crippen molar-refractivity contribution in [1.82, 2.24) is 0 Å². The first-order chi connectivity index (χ1) is 18.5. The molecule has 0 aromatic heterocycles. The van der Waals surface area contributed by atoms with Crippen LogP contribution >= 0.6 is 0 Å². The van der Waals surface area contributed by atoms with Gasteiger partial charge in [-0.15, -0.1) is 0 Å². The van der Waals surface area contributed by atoms with E-state index < -0.39 is 11.6 Å². The van der Waals surface area contributed by atoms with Crippen LogP contribution in [-0.4, -0.2) is 6.61 Å². The summed E-state index contributed by atoms with van der Waals surface area (Å²) >= 11 is 0. The van der Waals surface area contributed by atoms with Gasteiger partial charge in [0.25, 0.3) is 0 Å². The highest BCUT2D eigenvalue weighted by atomic mass is 19.2. The summed E-state index contributed by atoms with van der Waals surface area (Å²) in [5, 5.41) is 0. The number of halogens is 3. The third-order valence-corrected chi connectivity index (χ3v) is 6.61. The Morgan fingerprint density at radius 2 is 1.26 bits per heavy atom. The van der Waals surface area contributed by atoms with Crippen molar-refractivity contribution in [3.63, 3.8) is 0 Å². The fourth-order valence-electron chi connectivity index (χ4n) is 4.32. The average molecular weight is 515 g/mol. The molecule has 0 amide bonds. The lowest BCUT2D eigenvalue weighted by atomic mass is 9.97. The van der Waals surface area contributed by atoms with Crippen LogP contribution in [0.15, 0.2) is 78.9 Å². The van der Waals surface area contributed by atoms with Gasteiger partial charge in [0.1, 0.15) is 11.6 Å². The molecule has 4 aromatic rings. The topological polar surface area (TPSA) is 9.23 Å². The van der Waals surface area contributed by atoms with Crippen LogP contribution in [0, 0.1) is 24.4 Å². The minimum absolute atomic E-state index is 0.195. The first-order valence-corrected chi connectivity index (χ1v) is 13.2. The molecular weight excluding hydrogens is 481 g/mol. The fourth-order valence-corrected chi connectivity index (χ4v) is 4.32. The maximum Gasteiger partial charge on any atom is 0.167 e. The second-order valence-corrected chi connectivity index (χ2v) is 9.56. The van der Waals surface area contributed by atoms with E-state index >= 15 is 0 Å². The van der Waals surface area contributed by atoms with Crippen LogP contribution in [0.1, 0.15) is 55.7 Å². The molecular formula is C34H33F3O. The molecule has 4 heteroatoms. The fraction of sp³-hybridized carbons (Fsp3) is 0.235. The summed E-state index contributed by atoms with van der Waals surface area (Å²) in [7, 11) is 0. The van der Waals surface area contributed by atoms with E-state index in [1.165, 1.54) is 25.3 Å². The number of rotatable bonds is 11. The third-order valence-electron chi connectivity index (χ3n) is 6.61. The Morgan fingerprint density at radius 1 is 0.658 bits per heavy atom. The van der Waals surface area contributed by atoms with Crippen LogP contribution in [0.3, 0.4) is 0 Å². The second kappa shape index (κ2) is 13.1. The van der Waals surface area contributed by atoms with Gasteiger partial charge in [-0.2, -0.15) is 0 Å². The number of hydrogen-bond acceptors (Lipinski definition) is 1. The highest BCUT2D eigenvalue weighted by Crippen LogP contribution is 2.32. The van der Waals surface area contributed by atoms with Crippen molar-refractivity contribution in [2.75, 3.05) is 6.61 Å². The molecule has 0 aliphatic carbocycles. The van der Waals surface area contributed by atoms with Gasteiger partial charge in [0.2, 0.25) is 0 Å². The summed E-state index contributed by atoms with van der Waals surface area (Å²) in [5.41, 5.74) is 3.95. The number of unbranched alkanes of at least 4 members (excludes halogenated alkanes) is 4. The SMILES string of the molecule is CCCCCCCOc1ccc(/C=C/c2ccc(-c3ccc(-c4ccc(C)cc4)c(F)c3F)cc2)c(F)c1. The van der Waals surface area contributed by atoms with Gasteiger partial charge in [0, 0.05) is 22.8 Å². The summed E-state index contributed by atoms with van der Waals surface area (Å²) in [5.74, 6) is -1.57. The largest absolute Gasteiger partial charge is 0.493 e. The van der Waals surface area contributed by atoms with E-state index in [1.54, 1.807) is 72.8 Å². The molecule has 0 spiro atoms. The molecule has 0 N–H and O–H groups in total. The summed E-state index contributed by atoms with van der Waals surface area (Å²) in [6, 6.07) is 22.5. The predicted molar refractivity (Wildman–Crippen MR) is 152 cm³/mol. The molecule has 0 radical (unpaired) electrons. The van der Waals surface area contributed by atoms with Gasteiger partial charge in [0.15, 0.2) is 11.6 Å². The van der Waals surface area contributed by atoms with Crippen LogP contribution in [0.4, 0.5) is 13.2 Å². The first kappa shape index (κ1) is 27.3. The monoisotopic (exact) mass is 514 g/mol. The van der Waals surface area contributed by atoms with Crippen LogP contribution in [0.5, 0.6) is 5.75 Å². The van der Waals surface area contributed by atoms with Crippen molar-refractivity contribution in [3.05, 3.63) is 113 Å². The standard InChI is InChI=1S/C34H33F3O/c1-3-4-5-6-7-22-38-29-19-18-28(32(35)23-29)17-12-25-10-15-27(16-11-25)31-21-20-30(33(36)34(31)37)26-13-8-24(2)9-14-26/h8-21,23H,3-7,22H2,1-2H3/b17-12+. The molecule has 0 heterocycles. The highest BCUT2D eigenvalue weighted by Gasteiger charge is 2.16. The number of hydrogen-bond donors (Lipinski definition) is 0. The van der Waals surface area contributed by atoms with E-state index in [1.807, 2.05) is 19.1 Å². The normalized spacial score (nSPS) is 11.3. The first-order valence-electron chi connectivity index (χ1n) is 13.2. The molecule has 0 aliphatic rings. The van der Waals surface area contributed by atoms with Crippen LogP contribution in [-0.2, 0) is 0 Å². The van der Waals surface area contributed by atoms with Crippen LogP contribution < -0.4 is 4.74 Å². The van der Waals surface area contributed by atoms with E-state index in [9.17, 15) is 13.2 Å². The van der Waals surface area contributed by atoms with Gasteiger partial charge in [-0.3, -0.25) is 0 Å². The van der Waals surface area contributed by atoms with Crippen molar-refractivity contribution in [1.29, 1.82) is 0 Å². The van der Waals surface area contributed by atoms with Gasteiger partial charge in [-0.05, 0) is 42.2 Å². The number of aryl methyl sites for hydroxylation is 1. The summed E-state index contributed by atoms with van der Waals surface area (Å²) in [4.78, 5) is 0. The Bertz CT molecular complexity index is 1370. The quantitative estimate of drug-likeness (QED) is 0.143. The van der Waals surface area contributed by atoms with Gasteiger partial charge in [-0.1, -0.05) is 111 Å². The van der Waals surface area contributed by atoms with Crippen molar-refractivity contribution in [2.45, 2.75) is 46.0 Å². The lowest BCUT2D eigenvalue weighted by molar-refractivity contribution is 0.303. The van der Waals surface area contributed by atoms with Gasteiger partial charge in [-0.25, -0.2) is 13.2 Å². The summed E-state index contributed by atoms with van der Waals surface area (Å²) in [6.45, 7) is 4.71. The molecule has 4 aromatic carbocycles. The van der Waals surface area contributed by atoms with Gasteiger partial charge >= 0.3 is 0 Å². The van der Waals surface area contributed by atoms with E-state index in [0.717, 1.165) is 24.0 Å². The Hall–Kier alpha value is -3.79. The predicted octanol–water partition coefficient (Wildman–Crippen LogP) is 10.3. The Labute approximate surface area is 223 Å². The van der Waals surface area contributed by atoms with Crippen molar-refractivity contribution < 1.29 is 17.9 Å². The summed E-state index contributed by atoms with van der Waals surface area (Å²) < 4.78 is 50.1. The molecule has 196 valence electrons. The molecule has 0 bridgehead atoms. The maximum atomic E-state index is 15.0. The lowest BCUT2D eigenvalue weighted by Gasteiger charge is -2.10. The third kappa shape index (κ3) is 6.95. The maximum absolute atomic E-state index is 15.0. The number of benzene rings is 4. The Balaban J connectivity index is 1.40. The minimum atomic E-state index is -0.878. The molecule has 0 aliphatic heterocycles. The molecule has 0 unspecified atom stereocenters. The van der Waals surface area contributed by atoms with Crippen LogP contribution in [0.25, 0.3) is 34.4 Å². The molecule has 0 saturated carbocycles. The number of ether oxygens (including phenoxy) is 1. The smallest absolute Gasteiger partial charge is 0.167 e. The van der Waals surface area contributed by atoms with Crippen LogP contribution in [0.2, 0.25) is 0 Å². The zero-order valence-electron chi connectivity index (χ0n) is 21.9. The second-order valence-electron chi connectivity index (χ2n) is 9.56. The van der Waals surface area contributed by atoms with Crippen molar-refractivity contribution >= 4 is 12.2 Å². The van der Waals surface area contributed by atoms with E-state index in [4.69, 9.17) is 4.74 Å². The average Bonchev–Trinajstić information content (AvgIpc) is 2.93. The Morgan fingerprint density at radius 3 is 1.87 bits per heavy atom. The molecule has 4 rings (SSSR count). The molecule has 0 fully saturated rings. The molecule has 0 saturated heterocycles. The van der Waals surface area contributed by atoms with Gasteiger partial charge in [0.05, 0.1) is 6.61 Å². The zero-order valence-corrected chi connectivity index (χ0v) is 21.9. The van der Waals surface area contributed by atoms with E-state index in [-0.39, 0.29) is 16.9 Å². The lowest BCUT2D eigenvalue weighted by Crippen LogP contribution is -1.98. The zero-order chi connectivity index (χ0) is 26.9. The van der Waals surface area contributed by atoms with Gasteiger partial charge < -0.3 is 4.74 Å². The minimum Gasteiger partial charge on any atom is -0.493 e. The molecule has 1 nitrogen and oxygen atoms in total. The Kier molecular flexibility index (Phi) is 9.42. The van der Waals surface area contributed by atoms with Crippen molar-refractivity contribution in [3.8, 4) is 28.0 Å². The highest BCUT2D eigenvalue weighted by molar-refractivity contribution is 5.75.